The first-order valence-corrected chi connectivity index (χ1v) is 19.0. The van der Waals surface area contributed by atoms with Gasteiger partial charge in [0, 0.05) is 41.0 Å². The van der Waals surface area contributed by atoms with Gasteiger partial charge < -0.3 is 14.5 Å². The number of nitrogens with zero attached hydrogens (tertiary/aromatic N) is 5. The maximum absolute atomic E-state index is 6.71. The van der Waals surface area contributed by atoms with E-state index >= 15 is 0 Å². The molecule has 0 atom stereocenters. The number of pyridine rings is 2. The zero-order valence-electron chi connectivity index (χ0n) is 33.3. The van der Waals surface area contributed by atoms with Crippen molar-refractivity contribution in [3.05, 3.63) is 138 Å². The number of anilines is 4. The van der Waals surface area contributed by atoms with Gasteiger partial charge in [0.1, 0.15) is 24.0 Å². The van der Waals surface area contributed by atoms with Crippen molar-refractivity contribution in [1.82, 2.24) is 14.5 Å². The lowest BCUT2D eigenvalue weighted by Gasteiger charge is -2.35. The zero-order valence-corrected chi connectivity index (χ0v) is 33.3. The van der Waals surface area contributed by atoms with Crippen LogP contribution in [0.25, 0.3) is 27.6 Å². The monoisotopic (exact) mass is 713 g/mol. The van der Waals surface area contributed by atoms with Gasteiger partial charge in [-0.3, -0.25) is 9.55 Å². The van der Waals surface area contributed by atoms with Crippen LogP contribution in [0.3, 0.4) is 0 Å². The van der Waals surface area contributed by atoms with Crippen molar-refractivity contribution in [2.45, 2.75) is 85.5 Å². The predicted octanol–water partition coefficient (Wildman–Crippen LogP) is 12.8. The van der Waals surface area contributed by atoms with E-state index in [1.165, 1.54) is 33.3 Å². The third-order valence-corrected chi connectivity index (χ3v) is 10.6. The van der Waals surface area contributed by atoms with Crippen molar-refractivity contribution in [2.24, 2.45) is 0 Å². The molecule has 7 aromatic rings. The average Bonchev–Trinajstić information content (AvgIpc) is 3.66. The molecule has 4 heterocycles. The van der Waals surface area contributed by atoms with Gasteiger partial charge in [0.15, 0.2) is 0 Å². The van der Waals surface area contributed by atoms with E-state index in [4.69, 9.17) is 9.72 Å². The summed E-state index contributed by atoms with van der Waals surface area (Å²) in [5.41, 5.74) is 11.8. The summed E-state index contributed by atoms with van der Waals surface area (Å²) in [6, 6.07) is 34.5. The summed E-state index contributed by atoms with van der Waals surface area (Å²) in [4.78, 5) is 14.3. The SMILES string of the molecule is Cc1cc(C(C)(C)C)c(N2CN(c3cccc(Oc4ccc5c6ccccc6n(-c6cc(C(C)(C)C)ccn6)c5c4)c3)c3ccncc32)c(C(C)(C)C)c1. The number of aryl methyl sites for hydroxylation is 1. The van der Waals surface area contributed by atoms with Crippen molar-refractivity contribution in [3.63, 3.8) is 0 Å². The topological polar surface area (TPSA) is 46.4 Å². The van der Waals surface area contributed by atoms with Crippen molar-refractivity contribution >= 4 is 44.6 Å². The fourth-order valence-electron chi connectivity index (χ4n) is 7.85. The van der Waals surface area contributed by atoms with E-state index in [-0.39, 0.29) is 16.2 Å². The second kappa shape index (κ2) is 12.8. The molecule has 1 aliphatic heterocycles. The fraction of sp³-hybridized carbons (Fsp3) is 0.292. The van der Waals surface area contributed by atoms with Gasteiger partial charge >= 0.3 is 0 Å². The van der Waals surface area contributed by atoms with Gasteiger partial charge in [-0.2, -0.15) is 0 Å². The molecule has 0 saturated carbocycles. The molecule has 0 bridgehead atoms. The van der Waals surface area contributed by atoms with E-state index in [0.29, 0.717) is 6.67 Å². The first-order chi connectivity index (χ1) is 25.6. The lowest BCUT2D eigenvalue weighted by molar-refractivity contribution is 0.483. The maximum Gasteiger partial charge on any atom is 0.137 e. The number of aromatic nitrogens is 3. The molecule has 1 aliphatic rings. The van der Waals surface area contributed by atoms with Gasteiger partial charge in [0.25, 0.3) is 0 Å². The maximum atomic E-state index is 6.71. The number of rotatable bonds is 5. The molecule has 3 aromatic heterocycles. The minimum atomic E-state index is -0.0524. The highest BCUT2D eigenvalue weighted by Gasteiger charge is 2.35. The summed E-state index contributed by atoms with van der Waals surface area (Å²) in [7, 11) is 0. The van der Waals surface area contributed by atoms with Crippen LogP contribution in [0, 0.1) is 6.92 Å². The Balaban J connectivity index is 1.18. The van der Waals surface area contributed by atoms with Gasteiger partial charge in [0.2, 0.25) is 0 Å². The fourth-order valence-corrected chi connectivity index (χ4v) is 7.85. The molecule has 0 saturated heterocycles. The van der Waals surface area contributed by atoms with Crippen molar-refractivity contribution < 1.29 is 4.74 Å². The van der Waals surface area contributed by atoms with Crippen LogP contribution in [0.15, 0.2) is 116 Å². The molecule has 6 heteroatoms. The molecule has 0 fully saturated rings. The van der Waals surface area contributed by atoms with E-state index in [0.717, 1.165) is 50.8 Å². The van der Waals surface area contributed by atoms with Crippen LogP contribution in [0.1, 0.15) is 84.6 Å². The summed E-state index contributed by atoms with van der Waals surface area (Å²) >= 11 is 0. The first-order valence-electron chi connectivity index (χ1n) is 19.0. The molecule has 0 N–H and O–H groups in total. The summed E-state index contributed by atoms with van der Waals surface area (Å²) < 4.78 is 8.97. The Morgan fingerprint density at radius 3 is 2.02 bits per heavy atom. The quantitative estimate of drug-likeness (QED) is 0.178. The van der Waals surface area contributed by atoms with Gasteiger partial charge in [-0.1, -0.05) is 104 Å². The van der Waals surface area contributed by atoms with Crippen LogP contribution in [-0.2, 0) is 16.2 Å². The van der Waals surface area contributed by atoms with Gasteiger partial charge in [-0.15, -0.1) is 0 Å². The molecule has 0 unspecified atom stereocenters. The Bertz CT molecular complexity index is 2510. The summed E-state index contributed by atoms with van der Waals surface area (Å²) in [6.07, 6.45) is 5.82. The van der Waals surface area contributed by atoms with Crippen molar-refractivity contribution in [3.8, 4) is 17.3 Å². The van der Waals surface area contributed by atoms with Gasteiger partial charge in [-0.05, 0) is 88.4 Å². The lowest BCUT2D eigenvalue weighted by Crippen LogP contribution is -2.30. The molecule has 54 heavy (non-hydrogen) atoms. The molecule has 274 valence electrons. The Morgan fingerprint density at radius 1 is 0.593 bits per heavy atom. The molecule has 6 nitrogen and oxygen atoms in total. The Hall–Kier alpha value is -5.62. The number of para-hydroxylation sites is 1. The highest BCUT2D eigenvalue weighted by atomic mass is 16.5. The second-order valence-electron chi connectivity index (χ2n) is 17.9. The predicted molar refractivity (Wildman–Crippen MR) is 226 cm³/mol. The number of hydrogen-bond donors (Lipinski definition) is 0. The number of ether oxygens (including phenoxy) is 1. The molecular formula is C48H51N5O. The van der Waals surface area contributed by atoms with E-state index in [1.807, 2.05) is 24.7 Å². The lowest BCUT2D eigenvalue weighted by atomic mass is 9.77. The van der Waals surface area contributed by atoms with E-state index < -0.39 is 0 Å². The van der Waals surface area contributed by atoms with E-state index in [9.17, 15) is 0 Å². The summed E-state index contributed by atoms with van der Waals surface area (Å²) in [5.74, 6) is 2.45. The zero-order chi connectivity index (χ0) is 38.2. The minimum Gasteiger partial charge on any atom is -0.457 e. The smallest absolute Gasteiger partial charge is 0.137 e. The molecule has 0 radical (unpaired) electrons. The van der Waals surface area contributed by atoms with Crippen LogP contribution in [0.2, 0.25) is 0 Å². The third kappa shape index (κ3) is 6.27. The van der Waals surface area contributed by atoms with Crippen molar-refractivity contribution in [1.29, 1.82) is 0 Å². The summed E-state index contributed by atoms with van der Waals surface area (Å²) in [5, 5.41) is 2.35. The van der Waals surface area contributed by atoms with Crippen molar-refractivity contribution in [2.75, 3.05) is 16.5 Å². The Kier molecular flexibility index (Phi) is 8.37. The number of fused-ring (bicyclic) bond motifs is 4. The normalized spacial score (nSPS) is 13.6. The average molecular weight is 714 g/mol. The van der Waals surface area contributed by atoms with Gasteiger partial charge in [-0.25, -0.2) is 4.98 Å². The Labute approximate surface area is 320 Å². The van der Waals surface area contributed by atoms with Crippen LogP contribution in [0.4, 0.5) is 22.7 Å². The van der Waals surface area contributed by atoms with E-state index in [1.54, 1.807) is 0 Å². The standard InChI is InChI=1S/C48H51N5O/c1-31-24-38(47(5,6)7)45(39(25-31)48(8,9)10)52-30-51(41-21-22-49-29-43(41)52)33-14-13-15-34(27-33)54-35-18-19-37-36-16-11-12-17-40(36)53(42(37)28-35)44-26-32(20-23-50-44)46(2,3)4/h11-29H,30H2,1-10H3. The Morgan fingerprint density at radius 2 is 1.30 bits per heavy atom. The number of benzene rings is 4. The first kappa shape index (κ1) is 35.4. The van der Waals surface area contributed by atoms with Crippen LogP contribution in [-0.4, -0.2) is 21.2 Å². The van der Waals surface area contributed by atoms with Crippen LogP contribution >= 0.6 is 0 Å². The number of hydrogen-bond acceptors (Lipinski definition) is 5. The van der Waals surface area contributed by atoms with Gasteiger partial charge in [0.05, 0.1) is 34.3 Å². The molecule has 4 aromatic carbocycles. The van der Waals surface area contributed by atoms with Crippen LogP contribution in [0.5, 0.6) is 11.5 Å². The molecular weight excluding hydrogens is 663 g/mol. The molecule has 0 aliphatic carbocycles. The largest absolute Gasteiger partial charge is 0.457 e. The molecule has 0 spiro atoms. The highest BCUT2D eigenvalue weighted by molar-refractivity contribution is 6.09. The molecule has 8 rings (SSSR count). The highest BCUT2D eigenvalue weighted by Crippen LogP contribution is 2.50. The van der Waals surface area contributed by atoms with E-state index in [2.05, 4.69) is 180 Å². The molecule has 0 amide bonds. The second-order valence-corrected chi connectivity index (χ2v) is 17.9. The summed E-state index contributed by atoms with van der Waals surface area (Å²) in [6.45, 7) is 23.5. The minimum absolute atomic E-state index is 0.00301. The third-order valence-electron chi connectivity index (χ3n) is 10.6. The van der Waals surface area contributed by atoms with Crippen LogP contribution < -0.4 is 14.5 Å².